The number of hydrogen-bond donors (Lipinski definition) is 0. The Morgan fingerprint density at radius 2 is 2.14 bits per heavy atom. The lowest BCUT2D eigenvalue weighted by atomic mass is 10.2. The van der Waals surface area contributed by atoms with Crippen molar-refractivity contribution in [2.24, 2.45) is 5.92 Å². The molecular weight excluding hydrogens is 268 g/mol. The average Bonchev–Trinajstić information content (AvgIpc) is 2.47. The van der Waals surface area contributed by atoms with Crippen molar-refractivity contribution in [2.75, 3.05) is 13.1 Å². The summed E-state index contributed by atoms with van der Waals surface area (Å²) in [6.07, 6.45) is 1.51. The first kappa shape index (κ1) is 16.5. The molecule has 0 fully saturated rings. The molecule has 0 radical (unpaired) electrons. The van der Waals surface area contributed by atoms with Crippen LogP contribution >= 0.6 is 0 Å². The van der Waals surface area contributed by atoms with Gasteiger partial charge in [0, 0.05) is 19.3 Å². The van der Waals surface area contributed by atoms with Crippen LogP contribution in [0.15, 0.2) is 17.1 Å². The number of hydrogen-bond acceptors (Lipinski definition) is 4. The largest absolute Gasteiger partial charge is 0.340 e. The molecule has 6 heteroatoms. The summed E-state index contributed by atoms with van der Waals surface area (Å²) in [7, 11) is 0. The van der Waals surface area contributed by atoms with E-state index in [4.69, 9.17) is 10.5 Å². The highest BCUT2D eigenvalue weighted by Crippen LogP contribution is 2.03. The van der Waals surface area contributed by atoms with Crippen LogP contribution in [0, 0.1) is 35.5 Å². The number of amides is 1. The average molecular weight is 286 g/mol. The number of rotatable bonds is 5. The van der Waals surface area contributed by atoms with Crippen molar-refractivity contribution in [1.29, 1.82) is 10.5 Å². The van der Waals surface area contributed by atoms with Crippen LogP contribution in [0.25, 0.3) is 0 Å². The summed E-state index contributed by atoms with van der Waals surface area (Å²) in [6, 6.07) is 5.58. The number of likely N-dealkylation sites (N-methyl/N-ethyl adjacent to an activating group) is 1. The summed E-state index contributed by atoms with van der Waals surface area (Å²) >= 11 is 0. The van der Waals surface area contributed by atoms with Crippen LogP contribution in [0.3, 0.4) is 0 Å². The molecule has 6 nitrogen and oxygen atoms in total. The highest BCUT2D eigenvalue weighted by atomic mass is 16.2. The molecule has 1 amide bonds. The van der Waals surface area contributed by atoms with E-state index in [-0.39, 0.29) is 23.9 Å². The molecule has 110 valence electrons. The van der Waals surface area contributed by atoms with Gasteiger partial charge in [0.15, 0.2) is 0 Å². The van der Waals surface area contributed by atoms with E-state index in [0.717, 1.165) is 0 Å². The summed E-state index contributed by atoms with van der Waals surface area (Å²) in [5.74, 6) is -0.507. The highest BCUT2D eigenvalue weighted by molar-refractivity contribution is 5.76. The Kier molecular flexibility index (Phi) is 5.68. The molecule has 1 aromatic heterocycles. The zero-order chi connectivity index (χ0) is 16.0. The van der Waals surface area contributed by atoms with E-state index in [1.165, 1.54) is 15.7 Å². The maximum absolute atomic E-state index is 12.2. The Hall–Kier alpha value is -2.60. The van der Waals surface area contributed by atoms with Gasteiger partial charge >= 0.3 is 0 Å². The predicted molar refractivity (Wildman–Crippen MR) is 77.2 cm³/mol. The van der Waals surface area contributed by atoms with Gasteiger partial charge in [-0.25, -0.2) is 0 Å². The van der Waals surface area contributed by atoms with E-state index >= 15 is 0 Å². The predicted octanol–water partition coefficient (Wildman–Crippen LogP) is 1.04. The summed E-state index contributed by atoms with van der Waals surface area (Å²) in [4.78, 5) is 25.8. The number of aromatic nitrogens is 1. The van der Waals surface area contributed by atoms with Crippen LogP contribution in [0.1, 0.15) is 25.0 Å². The molecule has 21 heavy (non-hydrogen) atoms. The maximum atomic E-state index is 12.2. The van der Waals surface area contributed by atoms with Gasteiger partial charge < -0.3 is 9.47 Å². The standard InChI is InChI=1S/C15H18N4O2/c1-4-18(9-11(2)7-16)14(20)10-19-6-5-12(3)13(8-17)15(19)21/h5-6,11H,4,9-10H2,1-3H3. The smallest absolute Gasteiger partial charge is 0.269 e. The first-order chi connectivity index (χ1) is 9.94. The van der Waals surface area contributed by atoms with Gasteiger partial charge in [0.1, 0.15) is 18.2 Å². The van der Waals surface area contributed by atoms with Gasteiger partial charge in [-0.15, -0.1) is 0 Å². The quantitative estimate of drug-likeness (QED) is 0.808. The Morgan fingerprint density at radius 3 is 2.67 bits per heavy atom. The van der Waals surface area contributed by atoms with Crippen molar-refractivity contribution in [3.63, 3.8) is 0 Å². The van der Waals surface area contributed by atoms with Gasteiger partial charge in [0.05, 0.1) is 12.0 Å². The van der Waals surface area contributed by atoms with Crippen molar-refractivity contribution in [2.45, 2.75) is 27.3 Å². The molecule has 0 aromatic carbocycles. The third kappa shape index (κ3) is 3.93. The molecule has 1 aromatic rings. The second kappa shape index (κ2) is 7.25. The van der Waals surface area contributed by atoms with Gasteiger partial charge in [-0.05, 0) is 32.4 Å². The maximum Gasteiger partial charge on any atom is 0.269 e. The normalized spacial score (nSPS) is 11.3. The minimum absolute atomic E-state index is 0.0544. The van der Waals surface area contributed by atoms with Crippen molar-refractivity contribution in [3.8, 4) is 12.1 Å². The fourth-order valence-electron chi connectivity index (χ4n) is 1.95. The number of carbonyl (C=O) groups is 1. The number of nitriles is 2. The molecule has 1 unspecified atom stereocenters. The van der Waals surface area contributed by atoms with Crippen molar-refractivity contribution in [3.05, 3.63) is 33.7 Å². The fraction of sp³-hybridized carbons (Fsp3) is 0.467. The lowest BCUT2D eigenvalue weighted by Crippen LogP contribution is -2.39. The van der Waals surface area contributed by atoms with Crippen LogP contribution in [0.5, 0.6) is 0 Å². The van der Waals surface area contributed by atoms with Crippen LogP contribution in [0.2, 0.25) is 0 Å². The van der Waals surface area contributed by atoms with Crippen molar-refractivity contribution < 1.29 is 4.79 Å². The van der Waals surface area contributed by atoms with Crippen LogP contribution in [0.4, 0.5) is 0 Å². The molecule has 1 heterocycles. The lowest BCUT2D eigenvalue weighted by molar-refractivity contribution is -0.132. The number of aryl methyl sites for hydroxylation is 1. The Bertz CT molecular complexity index is 664. The SMILES string of the molecule is CCN(CC(C)C#N)C(=O)Cn1ccc(C)c(C#N)c1=O. The van der Waals surface area contributed by atoms with Gasteiger partial charge in [0.2, 0.25) is 5.91 Å². The molecule has 0 spiro atoms. The zero-order valence-electron chi connectivity index (χ0n) is 12.5. The summed E-state index contributed by atoms with van der Waals surface area (Å²) in [6.45, 7) is 5.91. The van der Waals surface area contributed by atoms with E-state index in [1.807, 2.05) is 13.0 Å². The van der Waals surface area contributed by atoms with Crippen LogP contribution in [-0.4, -0.2) is 28.5 Å². The third-order valence-corrected chi connectivity index (χ3v) is 3.24. The number of carbonyl (C=O) groups excluding carboxylic acids is 1. The Morgan fingerprint density at radius 1 is 1.48 bits per heavy atom. The zero-order valence-corrected chi connectivity index (χ0v) is 12.5. The fourth-order valence-corrected chi connectivity index (χ4v) is 1.95. The molecular formula is C15H18N4O2. The van der Waals surface area contributed by atoms with E-state index in [0.29, 0.717) is 18.7 Å². The van der Waals surface area contributed by atoms with E-state index < -0.39 is 5.56 Å². The Labute approximate surface area is 123 Å². The molecule has 1 rings (SSSR count). The van der Waals surface area contributed by atoms with E-state index in [9.17, 15) is 9.59 Å². The van der Waals surface area contributed by atoms with Crippen molar-refractivity contribution in [1.82, 2.24) is 9.47 Å². The van der Waals surface area contributed by atoms with Crippen LogP contribution in [-0.2, 0) is 11.3 Å². The Balaban J connectivity index is 2.96. The minimum atomic E-state index is -0.463. The van der Waals surface area contributed by atoms with Crippen molar-refractivity contribution >= 4 is 5.91 Å². The van der Waals surface area contributed by atoms with E-state index in [1.54, 1.807) is 19.9 Å². The first-order valence-corrected chi connectivity index (χ1v) is 6.72. The summed E-state index contributed by atoms with van der Waals surface area (Å²) in [5, 5.41) is 17.8. The molecule has 0 aliphatic heterocycles. The second-order valence-electron chi connectivity index (χ2n) is 4.88. The van der Waals surface area contributed by atoms with Gasteiger partial charge in [0.25, 0.3) is 5.56 Å². The minimum Gasteiger partial charge on any atom is -0.340 e. The number of pyridine rings is 1. The molecule has 0 bridgehead atoms. The molecule has 1 atom stereocenters. The van der Waals surface area contributed by atoms with Gasteiger partial charge in [-0.2, -0.15) is 10.5 Å². The lowest BCUT2D eigenvalue weighted by Gasteiger charge is -2.22. The molecule has 0 aliphatic rings. The number of nitrogens with zero attached hydrogens (tertiary/aromatic N) is 4. The monoisotopic (exact) mass is 286 g/mol. The van der Waals surface area contributed by atoms with Crippen LogP contribution < -0.4 is 5.56 Å². The van der Waals surface area contributed by atoms with E-state index in [2.05, 4.69) is 6.07 Å². The van der Waals surface area contributed by atoms with Gasteiger partial charge in [-0.3, -0.25) is 9.59 Å². The summed E-state index contributed by atoms with van der Waals surface area (Å²) in [5.41, 5.74) is 0.186. The van der Waals surface area contributed by atoms with Gasteiger partial charge in [-0.1, -0.05) is 0 Å². The first-order valence-electron chi connectivity index (χ1n) is 6.72. The molecule has 0 saturated heterocycles. The third-order valence-electron chi connectivity index (χ3n) is 3.24. The highest BCUT2D eigenvalue weighted by Gasteiger charge is 2.16. The topological polar surface area (TPSA) is 89.9 Å². The molecule has 0 aliphatic carbocycles. The molecule has 0 saturated carbocycles. The summed E-state index contributed by atoms with van der Waals surface area (Å²) < 4.78 is 1.23. The molecule has 0 N–H and O–H groups in total. The second-order valence-corrected chi connectivity index (χ2v) is 4.88.